The number of piperidine rings is 1. The molecular weight excluding hydrogens is 308 g/mol. The fourth-order valence-electron chi connectivity index (χ4n) is 4.23. The zero-order chi connectivity index (χ0) is 14.9. The minimum atomic E-state index is 0. The molecule has 2 aliphatic carbocycles. The Labute approximate surface area is 145 Å². The fourth-order valence-corrected chi connectivity index (χ4v) is 4.23. The van der Waals surface area contributed by atoms with Crippen LogP contribution in [0.25, 0.3) is 0 Å². The van der Waals surface area contributed by atoms with Gasteiger partial charge in [-0.25, -0.2) is 0 Å². The molecule has 0 bridgehead atoms. The molecule has 126 valence electrons. The van der Waals surface area contributed by atoms with Gasteiger partial charge in [-0.05, 0) is 62.6 Å². The maximum atomic E-state index is 13.2. The van der Waals surface area contributed by atoms with Gasteiger partial charge in [0.05, 0.1) is 12.0 Å². The molecule has 3 nitrogen and oxygen atoms in total. The van der Waals surface area contributed by atoms with Crippen molar-refractivity contribution >= 4 is 18.3 Å². The SMILES string of the molecule is Cl.O=C(C1CCCNC1)N(C1CC1)C1CCCc2ccccc21. The van der Waals surface area contributed by atoms with Gasteiger partial charge in [0.15, 0.2) is 0 Å². The first-order valence-corrected chi connectivity index (χ1v) is 8.95. The van der Waals surface area contributed by atoms with E-state index in [4.69, 9.17) is 0 Å². The third-order valence-corrected chi connectivity index (χ3v) is 5.51. The molecule has 2 atom stereocenters. The molecule has 4 rings (SSSR count). The second kappa shape index (κ2) is 7.23. The highest BCUT2D eigenvalue weighted by Crippen LogP contribution is 2.41. The number of hydrogen-bond donors (Lipinski definition) is 1. The molecule has 0 radical (unpaired) electrons. The fraction of sp³-hybridized carbons (Fsp3) is 0.632. The summed E-state index contributed by atoms with van der Waals surface area (Å²) in [6, 6.07) is 9.60. The van der Waals surface area contributed by atoms with Crippen LogP contribution in [0.5, 0.6) is 0 Å². The number of amides is 1. The highest BCUT2D eigenvalue weighted by atomic mass is 35.5. The van der Waals surface area contributed by atoms with E-state index in [1.54, 1.807) is 0 Å². The van der Waals surface area contributed by atoms with E-state index in [9.17, 15) is 4.79 Å². The zero-order valence-corrected chi connectivity index (χ0v) is 14.5. The Kier molecular flexibility index (Phi) is 5.27. The Morgan fingerprint density at radius 3 is 2.65 bits per heavy atom. The number of fused-ring (bicyclic) bond motifs is 1. The smallest absolute Gasteiger partial charge is 0.227 e. The molecule has 1 saturated carbocycles. The van der Waals surface area contributed by atoms with E-state index in [1.807, 2.05) is 0 Å². The molecule has 0 spiro atoms. The summed E-state index contributed by atoms with van der Waals surface area (Å²) >= 11 is 0. The van der Waals surface area contributed by atoms with E-state index < -0.39 is 0 Å². The van der Waals surface area contributed by atoms with Crippen LogP contribution in [0, 0.1) is 5.92 Å². The van der Waals surface area contributed by atoms with Gasteiger partial charge in [-0.3, -0.25) is 4.79 Å². The maximum Gasteiger partial charge on any atom is 0.227 e. The molecule has 2 unspecified atom stereocenters. The van der Waals surface area contributed by atoms with Crippen LogP contribution in [-0.2, 0) is 11.2 Å². The average molecular weight is 335 g/mol. The van der Waals surface area contributed by atoms with Crippen LogP contribution in [0.1, 0.15) is 55.7 Å². The van der Waals surface area contributed by atoms with Crippen molar-refractivity contribution < 1.29 is 4.79 Å². The van der Waals surface area contributed by atoms with E-state index in [1.165, 1.54) is 36.8 Å². The summed E-state index contributed by atoms with van der Waals surface area (Å²) in [5, 5.41) is 3.40. The van der Waals surface area contributed by atoms with Crippen molar-refractivity contribution in [2.45, 2.75) is 57.0 Å². The molecule has 1 saturated heterocycles. The van der Waals surface area contributed by atoms with E-state index in [-0.39, 0.29) is 18.3 Å². The van der Waals surface area contributed by atoms with Gasteiger partial charge >= 0.3 is 0 Å². The lowest BCUT2D eigenvalue weighted by Gasteiger charge is -2.39. The largest absolute Gasteiger partial charge is 0.332 e. The number of benzene rings is 1. The molecule has 1 aromatic carbocycles. The lowest BCUT2D eigenvalue weighted by atomic mass is 9.85. The van der Waals surface area contributed by atoms with Gasteiger partial charge in [0.2, 0.25) is 5.91 Å². The molecule has 3 aliphatic rings. The molecule has 1 aliphatic heterocycles. The maximum absolute atomic E-state index is 13.2. The highest BCUT2D eigenvalue weighted by molar-refractivity contribution is 5.85. The molecule has 1 heterocycles. The van der Waals surface area contributed by atoms with Gasteiger partial charge in [0, 0.05) is 12.6 Å². The van der Waals surface area contributed by atoms with Crippen LogP contribution in [0.4, 0.5) is 0 Å². The van der Waals surface area contributed by atoms with Crippen molar-refractivity contribution in [2.24, 2.45) is 5.92 Å². The predicted molar refractivity (Wildman–Crippen MR) is 94.8 cm³/mol. The summed E-state index contributed by atoms with van der Waals surface area (Å²) in [4.78, 5) is 15.5. The summed E-state index contributed by atoms with van der Waals surface area (Å²) in [6.45, 7) is 1.94. The van der Waals surface area contributed by atoms with E-state index >= 15 is 0 Å². The van der Waals surface area contributed by atoms with Crippen LogP contribution >= 0.6 is 12.4 Å². The molecular formula is C19H27ClN2O. The summed E-state index contributed by atoms with van der Waals surface area (Å²) in [6.07, 6.45) is 8.11. The first-order valence-electron chi connectivity index (χ1n) is 8.95. The molecule has 1 amide bonds. The first-order chi connectivity index (χ1) is 10.8. The number of carbonyl (C=O) groups is 1. The van der Waals surface area contributed by atoms with Crippen LogP contribution < -0.4 is 5.32 Å². The van der Waals surface area contributed by atoms with Crippen molar-refractivity contribution in [3.63, 3.8) is 0 Å². The first kappa shape index (κ1) is 16.8. The Morgan fingerprint density at radius 2 is 1.91 bits per heavy atom. The van der Waals surface area contributed by atoms with E-state index in [0.717, 1.165) is 32.4 Å². The highest BCUT2D eigenvalue weighted by Gasteiger charge is 2.41. The Bertz CT molecular complexity index is 552. The van der Waals surface area contributed by atoms with Gasteiger partial charge in [0.1, 0.15) is 0 Å². The molecule has 23 heavy (non-hydrogen) atoms. The molecule has 1 N–H and O–H groups in total. The standard InChI is InChI=1S/C19H26N2O.ClH/c22-19(15-7-4-12-20-13-15)21(16-10-11-16)18-9-3-6-14-5-1-2-8-17(14)18;/h1-2,5,8,15-16,18,20H,3-4,6-7,9-13H2;1H. The van der Waals surface area contributed by atoms with Crippen LogP contribution in [-0.4, -0.2) is 29.9 Å². The number of carbonyl (C=O) groups excluding carboxylic acids is 1. The number of nitrogens with zero attached hydrogens (tertiary/aromatic N) is 1. The van der Waals surface area contributed by atoms with Crippen molar-refractivity contribution in [1.29, 1.82) is 0 Å². The van der Waals surface area contributed by atoms with Crippen LogP contribution in [0.15, 0.2) is 24.3 Å². The predicted octanol–water partition coefficient (Wildman–Crippen LogP) is 3.48. The number of rotatable bonds is 3. The summed E-state index contributed by atoms with van der Waals surface area (Å²) in [7, 11) is 0. The number of halogens is 1. The quantitative estimate of drug-likeness (QED) is 0.918. The Hall–Kier alpha value is -1.06. The summed E-state index contributed by atoms with van der Waals surface area (Å²) < 4.78 is 0. The third kappa shape index (κ3) is 3.41. The molecule has 1 aromatic rings. The normalized spacial score (nSPS) is 26.8. The molecule has 0 aromatic heterocycles. The average Bonchev–Trinajstić information content (AvgIpc) is 3.41. The van der Waals surface area contributed by atoms with Crippen molar-refractivity contribution in [3.8, 4) is 0 Å². The number of hydrogen-bond acceptors (Lipinski definition) is 2. The van der Waals surface area contributed by atoms with E-state index in [2.05, 4.69) is 34.5 Å². The second-order valence-electron chi connectivity index (χ2n) is 7.13. The zero-order valence-electron chi connectivity index (χ0n) is 13.7. The Morgan fingerprint density at radius 1 is 1.09 bits per heavy atom. The molecule has 2 fully saturated rings. The summed E-state index contributed by atoms with van der Waals surface area (Å²) in [5.74, 6) is 0.611. The van der Waals surface area contributed by atoms with Gasteiger partial charge < -0.3 is 10.2 Å². The summed E-state index contributed by atoms with van der Waals surface area (Å²) in [5.41, 5.74) is 2.87. The number of aryl methyl sites for hydroxylation is 1. The van der Waals surface area contributed by atoms with Crippen LogP contribution in [0.3, 0.4) is 0 Å². The minimum Gasteiger partial charge on any atom is -0.332 e. The topological polar surface area (TPSA) is 32.3 Å². The van der Waals surface area contributed by atoms with Gasteiger partial charge in [0.25, 0.3) is 0 Å². The lowest BCUT2D eigenvalue weighted by Crippen LogP contribution is -2.46. The van der Waals surface area contributed by atoms with Crippen LogP contribution in [0.2, 0.25) is 0 Å². The second-order valence-corrected chi connectivity index (χ2v) is 7.13. The van der Waals surface area contributed by atoms with Gasteiger partial charge in [-0.1, -0.05) is 24.3 Å². The lowest BCUT2D eigenvalue weighted by molar-refractivity contribution is -0.139. The van der Waals surface area contributed by atoms with E-state index in [0.29, 0.717) is 18.0 Å². The monoisotopic (exact) mass is 334 g/mol. The van der Waals surface area contributed by atoms with Gasteiger partial charge in [-0.15, -0.1) is 12.4 Å². The minimum absolute atomic E-state index is 0. The third-order valence-electron chi connectivity index (χ3n) is 5.51. The van der Waals surface area contributed by atoms with Crippen molar-refractivity contribution in [3.05, 3.63) is 35.4 Å². The van der Waals surface area contributed by atoms with Crippen molar-refractivity contribution in [1.82, 2.24) is 10.2 Å². The van der Waals surface area contributed by atoms with Crippen molar-refractivity contribution in [2.75, 3.05) is 13.1 Å². The molecule has 4 heteroatoms. The number of nitrogens with one attached hydrogen (secondary N) is 1. The van der Waals surface area contributed by atoms with Gasteiger partial charge in [-0.2, -0.15) is 0 Å². The Balaban J connectivity index is 0.00000156.